The molecular weight excluding hydrogens is 218 g/mol. The number of aliphatic hydroxyl groups is 1. The monoisotopic (exact) mass is 235 g/mol. The van der Waals surface area contributed by atoms with Crippen molar-refractivity contribution in [3.8, 4) is 5.75 Å². The maximum Gasteiger partial charge on any atom is 0.152 e. The number of allylic oxidation sites excluding steroid dienone is 1. The highest BCUT2D eigenvalue weighted by atomic mass is 16.3. The Kier molecular flexibility index (Phi) is 4.43. The topological polar surface area (TPSA) is 83.5 Å². The van der Waals surface area contributed by atoms with E-state index in [2.05, 4.69) is 0 Å². The minimum Gasteiger partial charge on any atom is -0.508 e. The normalized spacial score (nSPS) is 12.9. The van der Waals surface area contributed by atoms with Gasteiger partial charge < -0.3 is 15.9 Å². The van der Waals surface area contributed by atoms with Crippen LogP contribution in [0.25, 0.3) is 6.08 Å². The van der Waals surface area contributed by atoms with Gasteiger partial charge in [-0.1, -0.05) is 12.1 Å². The summed E-state index contributed by atoms with van der Waals surface area (Å²) in [7, 11) is 0. The maximum absolute atomic E-state index is 10.9. The average molecular weight is 235 g/mol. The number of phenolic OH excluding ortho intramolecular Hbond substituents is 1. The molecule has 0 bridgehead atoms. The van der Waals surface area contributed by atoms with Gasteiger partial charge in [-0.3, -0.25) is 4.79 Å². The summed E-state index contributed by atoms with van der Waals surface area (Å²) in [4.78, 5) is 10.9. The van der Waals surface area contributed by atoms with Gasteiger partial charge in [-0.15, -0.1) is 0 Å². The predicted octanol–water partition coefficient (Wildman–Crippen LogP) is 1.29. The summed E-state index contributed by atoms with van der Waals surface area (Å²) in [6.07, 6.45) is 2.18. The van der Waals surface area contributed by atoms with E-state index in [1.165, 1.54) is 19.1 Å². The molecule has 1 atom stereocenters. The molecule has 0 fully saturated rings. The standard InChI is InChI=1S/C13H17NO3/c1-8(15)3-4-10-9(2)12(16)6-5-11(10)13(17)7-14/h3-6,13,16-17H,7,14H2,1-2H3/b4-3-. The molecule has 0 aliphatic rings. The molecule has 1 aromatic rings. The Morgan fingerprint density at radius 1 is 1.53 bits per heavy atom. The molecule has 0 radical (unpaired) electrons. The highest BCUT2D eigenvalue weighted by Gasteiger charge is 2.13. The summed E-state index contributed by atoms with van der Waals surface area (Å²) < 4.78 is 0. The number of benzene rings is 1. The molecule has 4 nitrogen and oxygen atoms in total. The Balaban J connectivity index is 3.31. The molecule has 0 heterocycles. The number of rotatable bonds is 4. The second-order valence-corrected chi connectivity index (χ2v) is 3.91. The third-order valence-corrected chi connectivity index (χ3v) is 2.59. The number of hydrogen-bond acceptors (Lipinski definition) is 4. The van der Waals surface area contributed by atoms with Crippen LogP contribution in [0.2, 0.25) is 0 Å². The van der Waals surface area contributed by atoms with E-state index in [0.717, 1.165) is 0 Å². The number of carbonyl (C=O) groups excluding carboxylic acids is 1. The van der Waals surface area contributed by atoms with Gasteiger partial charge in [-0.05, 0) is 42.7 Å². The van der Waals surface area contributed by atoms with Gasteiger partial charge in [0.2, 0.25) is 0 Å². The van der Waals surface area contributed by atoms with E-state index < -0.39 is 6.10 Å². The molecule has 0 amide bonds. The fourth-order valence-corrected chi connectivity index (χ4v) is 1.58. The van der Waals surface area contributed by atoms with E-state index in [0.29, 0.717) is 16.7 Å². The van der Waals surface area contributed by atoms with Crippen LogP contribution in [0.15, 0.2) is 18.2 Å². The van der Waals surface area contributed by atoms with Crippen molar-refractivity contribution in [1.82, 2.24) is 0 Å². The van der Waals surface area contributed by atoms with Crippen molar-refractivity contribution in [3.05, 3.63) is 34.9 Å². The number of phenols is 1. The van der Waals surface area contributed by atoms with Crippen molar-refractivity contribution < 1.29 is 15.0 Å². The number of aromatic hydroxyl groups is 1. The molecule has 1 rings (SSSR count). The molecule has 0 aliphatic heterocycles. The quantitative estimate of drug-likeness (QED) is 0.687. The fourth-order valence-electron chi connectivity index (χ4n) is 1.58. The first-order valence-electron chi connectivity index (χ1n) is 5.36. The van der Waals surface area contributed by atoms with Crippen LogP contribution < -0.4 is 5.73 Å². The second kappa shape index (κ2) is 5.61. The summed E-state index contributed by atoms with van der Waals surface area (Å²) in [6, 6.07) is 3.12. The number of carbonyl (C=O) groups is 1. The van der Waals surface area contributed by atoms with Crippen molar-refractivity contribution >= 4 is 11.9 Å². The van der Waals surface area contributed by atoms with Crippen LogP contribution in [0.5, 0.6) is 5.75 Å². The van der Waals surface area contributed by atoms with E-state index in [1.54, 1.807) is 19.1 Å². The third kappa shape index (κ3) is 3.15. The predicted molar refractivity (Wildman–Crippen MR) is 66.6 cm³/mol. The lowest BCUT2D eigenvalue weighted by Crippen LogP contribution is -2.13. The van der Waals surface area contributed by atoms with Gasteiger partial charge in [0.25, 0.3) is 0 Å². The summed E-state index contributed by atoms with van der Waals surface area (Å²) in [5, 5.41) is 19.4. The minimum atomic E-state index is -0.805. The third-order valence-electron chi connectivity index (χ3n) is 2.59. The van der Waals surface area contributed by atoms with E-state index >= 15 is 0 Å². The van der Waals surface area contributed by atoms with Crippen molar-refractivity contribution in [2.75, 3.05) is 6.54 Å². The zero-order valence-corrected chi connectivity index (χ0v) is 9.97. The van der Waals surface area contributed by atoms with E-state index in [9.17, 15) is 15.0 Å². The van der Waals surface area contributed by atoms with Crippen LogP contribution in [0.1, 0.15) is 29.7 Å². The summed E-state index contributed by atoms with van der Waals surface area (Å²) in [5.41, 5.74) is 7.28. The smallest absolute Gasteiger partial charge is 0.152 e. The highest BCUT2D eigenvalue weighted by molar-refractivity contribution is 5.92. The molecule has 17 heavy (non-hydrogen) atoms. The number of nitrogens with two attached hydrogens (primary N) is 1. The van der Waals surface area contributed by atoms with Gasteiger partial charge in [0.1, 0.15) is 5.75 Å². The molecule has 0 aliphatic carbocycles. The first-order valence-corrected chi connectivity index (χ1v) is 5.36. The van der Waals surface area contributed by atoms with Crippen LogP contribution >= 0.6 is 0 Å². The van der Waals surface area contributed by atoms with Crippen molar-refractivity contribution in [3.63, 3.8) is 0 Å². The van der Waals surface area contributed by atoms with Crippen LogP contribution in [0.4, 0.5) is 0 Å². The van der Waals surface area contributed by atoms with Gasteiger partial charge in [0, 0.05) is 6.54 Å². The Morgan fingerprint density at radius 3 is 2.71 bits per heavy atom. The first kappa shape index (κ1) is 13.4. The molecule has 0 spiro atoms. The zero-order chi connectivity index (χ0) is 13.0. The fraction of sp³-hybridized carbons (Fsp3) is 0.308. The van der Waals surface area contributed by atoms with Gasteiger partial charge in [-0.2, -0.15) is 0 Å². The maximum atomic E-state index is 10.9. The molecular formula is C13H17NO3. The molecule has 4 N–H and O–H groups in total. The molecule has 92 valence electrons. The Labute approximate surface area is 100 Å². The van der Waals surface area contributed by atoms with E-state index in [1.807, 2.05) is 0 Å². The van der Waals surface area contributed by atoms with Crippen LogP contribution in [0.3, 0.4) is 0 Å². The number of aliphatic hydroxyl groups excluding tert-OH is 1. The molecule has 0 saturated carbocycles. The van der Waals surface area contributed by atoms with Crippen LogP contribution in [0, 0.1) is 6.92 Å². The van der Waals surface area contributed by atoms with Crippen molar-refractivity contribution in [2.24, 2.45) is 5.73 Å². The summed E-state index contributed by atoms with van der Waals surface area (Å²) >= 11 is 0. The van der Waals surface area contributed by atoms with E-state index in [-0.39, 0.29) is 18.1 Å². The van der Waals surface area contributed by atoms with E-state index in [4.69, 9.17) is 5.73 Å². The van der Waals surface area contributed by atoms with Crippen molar-refractivity contribution in [1.29, 1.82) is 0 Å². The lowest BCUT2D eigenvalue weighted by atomic mass is 9.96. The van der Waals surface area contributed by atoms with Crippen molar-refractivity contribution in [2.45, 2.75) is 20.0 Å². The molecule has 0 saturated heterocycles. The Hall–Kier alpha value is -1.65. The van der Waals surface area contributed by atoms with Crippen LogP contribution in [-0.2, 0) is 4.79 Å². The minimum absolute atomic E-state index is 0.0884. The van der Waals surface area contributed by atoms with Crippen LogP contribution in [-0.4, -0.2) is 22.5 Å². The Morgan fingerprint density at radius 2 is 2.18 bits per heavy atom. The SMILES string of the molecule is CC(=O)/C=C\c1c(C(O)CN)ccc(O)c1C. The van der Waals surface area contributed by atoms with Gasteiger partial charge in [0.15, 0.2) is 5.78 Å². The average Bonchev–Trinajstić information content (AvgIpc) is 2.29. The number of ketones is 1. The summed E-state index contributed by atoms with van der Waals surface area (Å²) in [6.45, 7) is 3.25. The lowest BCUT2D eigenvalue weighted by molar-refractivity contribution is -0.112. The van der Waals surface area contributed by atoms with Gasteiger partial charge in [0.05, 0.1) is 6.10 Å². The first-order chi connectivity index (χ1) is 7.97. The molecule has 4 heteroatoms. The zero-order valence-electron chi connectivity index (χ0n) is 9.97. The number of hydrogen-bond donors (Lipinski definition) is 3. The van der Waals surface area contributed by atoms with Gasteiger partial charge >= 0.3 is 0 Å². The molecule has 0 aromatic heterocycles. The largest absolute Gasteiger partial charge is 0.508 e. The molecule has 1 aromatic carbocycles. The lowest BCUT2D eigenvalue weighted by Gasteiger charge is -2.14. The summed E-state index contributed by atoms with van der Waals surface area (Å²) in [5.74, 6) is 0.0297. The Bertz CT molecular complexity index is 452. The van der Waals surface area contributed by atoms with Gasteiger partial charge in [-0.25, -0.2) is 0 Å². The molecule has 1 unspecified atom stereocenters. The second-order valence-electron chi connectivity index (χ2n) is 3.91. The highest BCUT2D eigenvalue weighted by Crippen LogP contribution is 2.28.